The minimum atomic E-state index is 0. The van der Waals surface area contributed by atoms with Gasteiger partial charge in [-0.3, -0.25) is 9.69 Å². The molecule has 130 valence electrons. The highest BCUT2D eigenvalue weighted by Gasteiger charge is 2.56. The first-order valence-corrected chi connectivity index (χ1v) is 8.32. The number of hydrogen-bond donors (Lipinski definition) is 2. The number of nitrogens with zero attached hydrogens (tertiary/aromatic N) is 3. The molecule has 6 nitrogen and oxygen atoms in total. The number of nitrogens with one attached hydrogen (secondary N) is 2. The van der Waals surface area contributed by atoms with Crippen LogP contribution in [0.5, 0.6) is 0 Å². The van der Waals surface area contributed by atoms with Crippen LogP contribution in [0.4, 0.5) is 0 Å². The molecule has 7 heteroatoms. The Hall–Kier alpha value is -1.11. The van der Waals surface area contributed by atoms with Crippen LogP contribution in [0.2, 0.25) is 0 Å². The number of aromatic nitrogens is 2. The van der Waals surface area contributed by atoms with Gasteiger partial charge < -0.3 is 15.2 Å². The molecule has 1 aliphatic heterocycles. The second-order valence-electron chi connectivity index (χ2n) is 6.65. The predicted octanol–water partition coefficient (Wildman–Crippen LogP) is 0.922. The molecule has 2 aliphatic rings. The molecule has 2 N–H and O–H groups in total. The molecule has 0 aromatic carbocycles. The Bertz CT molecular complexity index is 526. The van der Waals surface area contributed by atoms with E-state index in [0.29, 0.717) is 24.5 Å². The second-order valence-corrected chi connectivity index (χ2v) is 6.65. The zero-order valence-electron chi connectivity index (χ0n) is 14.0. The first-order valence-electron chi connectivity index (χ1n) is 8.32. The molecule has 1 aromatic heterocycles. The number of hydrogen-bond acceptors (Lipinski definition) is 4. The van der Waals surface area contributed by atoms with Crippen molar-refractivity contribution < 1.29 is 4.79 Å². The van der Waals surface area contributed by atoms with Gasteiger partial charge in [0.2, 0.25) is 5.91 Å². The second kappa shape index (κ2) is 7.64. The Kier molecular flexibility index (Phi) is 6.06. The summed E-state index contributed by atoms with van der Waals surface area (Å²) in [7, 11) is 2.01. The van der Waals surface area contributed by atoms with E-state index in [-0.39, 0.29) is 18.3 Å². The van der Waals surface area contributed by atoms with E-state index in [1.165, 1.54) is 19.3 Å². The molecular weight excluding hydrogens is 314 g/mol. The Morgan fingerprint density at radius 3 is 2.87 bits per heavy atom. The van der Waals surface area contributed by atoms with Gasteiger partial charge in [0.05, 0.1) is 13.1 Å². The van der Waals surface area contributed by atoms with Gasteiger partial charge in [-0.25, -0.2) is 4.98 Å². The smallest absolute Gasteiger partial charge is 0.234 e. The Balaban J connectivity index is 0.00000192. The molecule has 0 radical (unpaired) electrons. The molecule has 3 rings (SSSR count). The lowest BCUT2D eigenvalue weighted by molar-refractivity contribution is -0.122. The minimum absolute atomic E-state index is 0. The van der Waals surface area contributed by atoms with E-state index in [1.807, 2.05) is 30.9 Å². The van der Waals surface area contributed by atoms with E-state index in [2.05, 4.69) is 20.5 Å². The summed E-state index contributed by atoms with van der Waals surface area (Å²) < 4.78 is 2.04. The van der Waals surface area contributed by atoms with Gasteiger partial charge in [-0.2, -0.15) is 0 Å². The first kappa shape index (κ1) is 18.2. The highest BCUT2D eigenvalue weighted by Crippen LogP contribution is 2.55. The van der Waals surface area contributed by atoms with Crippen molar-refractivity contribution in [2.45, 2.75) is 38.8 Å². The predicted molar refractivity (Wildman–Crippen MR) is 92.5 cm³/mol. The molecule has 1 aromatic rings. The number of likely N-dealkylation sites (N-methyl/N-ethyl adjacent to an activating group) is 1. The highest BCUT2D eigenvalue weighted by molar-refractivity contribution is 5.85. The largest absolute Gasteiger partial charge is 0.355 e. The standard InChI is InChI=1S/C16H27N5O.ClH/c1-3-18-15(22)12-21(11-14-19-8-9-20(14)2)13-10-16(13)4-6-17-7-5-16;/h8-9,13,17H,3-7,10-12H2,1-2H3,(H,18,22);1H. The van der Waals surface area contributed by atoms with Gasteiger partial charge in [-0.05, 0) is 44.7 Å². The van der Waals surface area contributed by atoms with Crippen LogP contribution < -0.4 is 10.6 Å². The molecular formula is C16H28ClN5O. The van der Waals surface area contributed by atoms with Crippen molar-refractivity contribution in [3.8, 4) is 0 Å². The van der Waals surface area contributed by atoms with E-state index in [0.717, 1.165) is 25.5 Å². The van der Waals surface area contributed by atoms with Gasteiger partial charge in [0, 0.05) is 32.0 Å². The van der Waals surface area contributed by atoms with Crippen molar-refractivity contribution in [1.82, 2.24) is 25.1 Å². The number of amides is 1. The van der Waals surface area contributed by atoms with Gasteiger partial charge in [0.25, 0.3) is 0 Å². The number of rotatable bonds is 6. The van der Waals surface area contributed by atoms with E-state index in [1.54, 1.807) is 0 Å². The SMILES string of the molecule is CCNC(=O)CN(Cc1nccn1C)C1CC12CCNCC2.Cl. The minimum Gasteiger partial charge on any atom is -0.355 e. The van der Waals surface area contributed by atoms with Crippen molar-refractivity contribution in [2.75, 3.05) is 26.2 Å². The lowest BCUT2D eigenvalue weighted by Crippen LogP contribution is -2.41. The van der Waals surface area contributed by atoms with Crippen LogP contribution in [0.15, 0.2) is 12.4 Å². The normalized spacial score (nSPS) is 22.0. The zero-order chi connectivity index (χ0) is 15.6. The number of imidazole rings is 1. The van der Waals surface area contributed by atoms with Crippen LogP contribution in [0.3, 0.4) is 0 Å². The van der Waals surface area contributed by atoms with Crippen molar-refractivity contribution in [3.05, 3.63) is 18.2 Å². The maximum atomic E-state index is 12.1. The molecule has 2 heterocycles. The summed E-state index contributed by atoms with van der Waals surface area (Å²) >= 11 is 0. The lowest BCUT2D eigenvalue weighted by atomic mass is 9.93. The average molecular weight is 342 g/mol. The molecule has 2 fully saturated rings. The molecule has 0 bridgehead atoms. The number of carbonyl (C=O) groups excluding carboxylic acids is 1. The summed E-state index contributed by atoms with van der Waals surface area (Å²) in [6.45, 7) is 6.09. The Morgan fingerprint density at radius 2 is 2.26 bits per heavy atom. The van der Waals surface area contributed by atoms with Gasteiger partial charge in [-0.1, -0.05) is 0 Å². The molecule has 1 saturated carbocycles. The van der Waals surface area contributed by atoms with Crippen LogP contribution in [0, 0.1) is 5.41 Å². The fourth-order valence-electron chi connectivity index (χ4n) is 3.75. The Morgan fingerprint density at radius 1 is 1.52 bits per heavy atom. The molecule has 1 spiro atoms. The first-order chi connectivity index (χ1) is 10.6. The fraction of sp³-hybridized carbons (Fsp3) is 0.750. The number of halogens is 1. The molecule has 1 amide bonds. The average Bonchev–Trinajstić information content (AvgIpc) is 3.03. The van der Waals surface area contributed by atoms with Crippen LogP contribution in [0.1, 0.15) is 32.0 Å². The maximum absolute atomic E-state index is 12.1. The van der Waals surface area contributed by atoms with Gasteiger partial charge in [0.15, 0.2) is 0 Å². The van der Waals surface area contributed by atoms with Crippen LogP contribution in [0.25, 0.3) is 0 Å². The number of aryl methyl sites for hydroxylation is 1. The van der Waals surface area contributed by atoms with E-state index >= 15 is 0 Å². The molecule has 1 saturated heterocycles. The summed E-state index contributed by atoms with van der Waals surface area (Å²) in [6.07, 6.45) is 7.46. The van der Waals surface area contributed by atoms with Crippen molar-refractivity contribution in [1.29, 1.82) is 0 Å². The van der Waals surface area contributed by atoms with Gasteiger partial charge in [-0.15, -0.1) is 12.4 Å². The molecule has 1 unspecified atom stereocenters. The van der Waals surface area contributed by atoms with Crippen LogP contribution in [-0.2, 0) is 18.4 Å². The monoisotopic (exact) mass is 341 g/mol. The summed E-state index contributed by atoms with van der Waals surface area (Å²) in [5.74, 6) is 1.15. The summed E-state index contributed by atoms with van der Waals surface area (Å²) in [5, 5.41) is 6.37. The fourth-order valence-corrected chi connectivity index (χ4v) is 3.75. The van der Waals surface area contributed by atoms with E-state index < -0.39 is 0 Å². The van der Waals surface area contributed by atoms with Crippen LogP contribution in [-0.4, -0.2) is 52.6 Å². The number of carbonyl (C=O) groups is 1. The zero-order valence-corrected chi connectivity index (χ0v) is 14.9. The van der Waals surface area contributed by atoms with Crippen molar-refractivity contribution in [2.24, 2.45) is 12.5 Å². The van der Waals surface area contributed by atoms with Crippen molar-refractivity contribution in [3.63, 3.8) is 0 Å². The summed E-state index contributed by atoms with van der Waals surface area (Å²) in [4.78, 5) is 18.8. The third kappa shape index (κ3) is 4.05. The van der Waals surface area contributed by atoms with Gasteiger partial charge in [0.1, 0.15) is 5.82 Å². The quantitative estimate of drug-likeness (QED) is 0.808. The molecule has 23 heavy (non-hydrogen) atoms. The third-order valence-electron chi connectivity index (χ3n) is 5.17. The summed E-state index contributed by atoms with van der Waals surface area (Å²) in [6, 6.07) is 0.522. The molecule has 1 atom stereocenters. The number of piperidine rings is 1. The Labute approximate surface area is 144 Å². The van der Waals surface area contributed by atoms with E-state index in [9.17, 15) is 4.79 Å². The van der Waals surface area contributed by atoms with Crippen molar-refractivity contribution >= 4 is 18.3 Å². The summed E-state index contributed by atoms with van der Waals surface area (Å²) in [5.41, 5.74) is 0.433. The van der Waals surface area contributed by atoms with E-state index in [4.69, 9.17) is 0 Å². The maximum Gasteiger partial charge on any atom is 0.234 e. The van der Waals surface area contributed by atoms with Gasteiger partial charge >= 0.3 is 0 Å². The highest BCUT2D eigenvalue weighted by atomic mass is 35.5. The lowest BCUT2D eigenvalue weighted by Gasteiger charge is -2.29. The van der Waals surface area contributed by atoms with Crippen LogP contribution >= 0.6 is 12.4 Å². The topological polar surface area (TPSA) is 62.2 Å². The third-order valence-corrected chi connectivity index (χ3v) is 5.17. The molecule has 1 aliphatic carbocycles.